The van der Waals surface area contributed by atoms with E-state index in [-0.39, 0.29) is 11.7 Å². The molecule has 1 aromatic heterocycles. The molecule has 2 aromatic rings. The lowest BCUT2D eigenvalue weighted by Gasteiger charge is -2.07. The summed E-state index contributed by atoms with van der Waals surface area (Å²) in [7, 11) is 0. The normalized spacial score (nSPS) is 9.68. The Morgan fingerprint density at radius 3 is 2.84 bits per heavy atom. The zero-order chi connectivity index (χ0) is 13.8. The summed E-state index contributed by atoms with van der Waals surface area (Å²) in [6, 6.07) is 10.1. The first-order chi connectivity index (χ1) is 9.10. The largest absolute Gasteiger partial charge is 0.384 e. The number of aromatic nitrogens is 1. The van der Waals surface area contributed by atoms with Crippen molar-refractivity contribution in [3.8, 4) is 6.07 Å². The second-order valence-corrected chi connectivity index (χ2v) is 4.64. The molecule has 0 radical (unpaired) electrons. The van der Waals surface area contributed by atoms with Gasteiger partial charge in [-0.2, -0.15) is 5.26 Å². The molecule has 0 aliphatic heterocycles. The number of nitrogens with one attached hydrogen (secondary N) is 1. The number of nitriles is 1. The second-order valence-electron chi connectivity index (χ2n) is 3.73. The van der Waals surface area contributed by atoms with Gasteiger partial charge in [0.1, 0.15) is 11.9 Å². The van der Waals surface area contributed by atoms with Gasteiger partial charge in [0.25, 0.3) is 5.91 Å². The molecule has 0 saturated heterocycles. The Bertz CT molecular complexity index is 679. The second kappa shape index (κ2) is 5.50. The van der Waals surface area contributed by atoms with Crippen LogP contribution in [0.15, 0.2) is 41.0 Å². The topological polar surface area (TPSA) is 91.8 Å². The Morgan fingerprint density at radius 1 is 1.37 bits per heavy atom. The Hall–Kier alpha value is -2.39. The molecule has 0 atom stereocenters. The molecule has 0 spiro atoms. The number of carbonyl (C=O) groups is 1. The third-order valence-electron chi connectivity index (χ3n) is 2.39. The minimum atomic E-state index is -0.340. The number of carbonyl (C=O) groups excluding carboxylic acids is 1. The molecule has 5 nitrogen and oxygen atoms in total. The van der Waals surface area contributed by atoms with Crippen LogP contribution in [0.5, 0.6) is 0 Å². The summed E-state index contributed by atoms with van der Waals surface area (Å²) in [5, 5.41) is 11.7. The number of halogens is 1. The molecule has 1 amide bonds. The van der Waals surface area contributed by atoms with Crippen molar-refractivity contribution in [3.05, 3.63) is 52.1 Å². The quantitative estimate of drug-likeness (QED) is 0.890. The molecule has 3 N–H and O–H groups in total. The van der Waals surface area contributed by atoms with E-state index in [0.717, 1.165) is 4.47 Å². The van der Waals surface area contributed by atoms with Gasteiger partial charge in [0.2, 0.25) is 0 Å². The van der Waals surface area contributed by atoms with Gasteiger partial charge in [-0.25, -0.2) is 4.98 Å². The van der Waals surface area contributed by atoms with Crippen molar-refractivity contribution >= 4 is 33.3 Å². The summed E-state index contributed by atoms with van der Waals surface area (Å²) >= 11 is 3.27. The standard InChI is InChI=1S/C13H9BrN4O/c14-10-1-2-11(9(5-10)7-15)18-13(19)8-3-4-17-12(16)6-8/h1-6H,(H2,16,17)(H,18,19). The molecule has 0 bridgehead atoms. The highest BCUT2D eigenvalue weighted by atomic mass is 79.9. The molecule has 0 aliphatic rings. The maximum Gasteiger partial charge on any atom is 0.255 e. The Labute approximate surface area is 118 Å². The number of hydrogen-bond donors (Lipinski definition) is 2. The van der Waals surface area contributed by atoms with Gasteiger partial charge in [-0.15, -0.1) is 0 Å². The average Bonchev–Trinajstić information content (AvgIpc) is 2.40. The predicted octanol–water partition coefficient (Wildman–Crippen LogP) is 2.55. The highest BCUT2D eigenvalue weighted by molar-refractivity contribution is 9.10. The fraction of sp³-hybridized carbons (Fsp3) is 0. The van der Waals surface area contributed by atoms with Crippen LogP contribution in [0.4, 0.5) is 11.5 Å². The molecule has 19 heavy (non-hydrogen) atoms. The van der Waals surface area contributed by atoms with Gasteiger partial charge >= 0.3 is 0 Å². The molecular formula is C13H9BrN4O. The molecule has 0 fully saturated rings. The predicted molar refractivity (Wildman–Crippen MR) is 75.5 cm³/mol. The van der Waals surface area contributed by atoms with Crippen LogP contribution < -0.4 is 11.1 Å². The monoisotopic (exact) mass is 316 g/mol. The number of amides is 1. The summed E-state index contributed by atoms with van der Waals surface area (Å²) in [5.74, 6) is -0.0723. The average molecular weight is 317 g/mol. The first-order valence-corrected chi connectivity index (χ1v) is 6.12. The van der Waals surface area contributed by atoms with E-state index in [4.69, 9.17) is 11.0 Å². The molecule has 0 saturated carbocycles. The van der Waals surface area contributed by atoms with Crippen LogP contribution in [0.25, 0.3) is 0 Å². The maximum absolute atomic E-state index is 12.0. The van der Waals surface area contributed by atoms with Crippen molar-refractivity contribution in [1.29, 1.82) is 5.26 Å². The number of hydrogen-bond acceptors (Lipinski definition) is 4. The van der Waals surface area contributed by atoms with E-state index in [0.29, 0.717) is 16.8 Å². The van der Waals surface area contributed by atoms with Crippen molar-refractivity contribution in [2.75, 3.05) is 11.1 Å². The van der Waals surface area contributed by atoms with Crippen LogP contribution in [-0.2, 0) is 0 Å². The molecule has 1 aromatic carbocycles. The number of nitrogens with two attached hydrogens (primary N) is 1. The van der Waals surface area contributed by atoms with Gasteiger partial charge in [0, 0.05) is 16.2 Å². The van der Waals surface area contributed by atoms with Crippen LogP contribution in [0.2, 0.25) is 0 Å². The number of benzene rings is 1. The minimum absolute atomic E-state index is 0.268. The smallest absolute Gasteiger partial charge is 0.255 e. The zero-order valence-electron chi connectivity index (χ0n) is 9.72. The van der Waals surface area contributed by atoms with Crippen molar-refractivity contribution in [2.24, 2.45) is 0 Å². The van der Waals surface area contributed by atoms with Gasteiger partial charge in [-0.05, 0) is 30.3 Å². The van der Waals surface area contributed by atoms with Crippen LogP contribution in [0.3, 0.4) is 0 Å². The van der Waals surface area contributed by atoms with E-state index in [9.17, 15) is 4.79 Å². The first kappa shape index (κ1) is 13.1. The number of nitrogen functional groups attached to an aromatic ring is 1. The van der Waals surface area contributed by atoms with Crippen molar-refractivity contribution in [3.63, 3.8) is 0 Å². The fourth-order valence-corrected chi connectivity index (χ4v) is 1.86. The van der Waals surface area contributed by atoms with Crippen molar-refractivity contribution < 1.29 is 4.79 Å². The van der Waals surface area contributed by atoms with Crippen LogP contribution in [-0.4, -0.2) is 10.9 Å². The highest BCUT2D eigenvalue weighted by Gasteiger charge is 2.10. The molecule has 2 rings (SSSR count). The lowest BCUT2D eigenvalue weighted by atomic mass is 10.2. The molecule has 6 heteroatoms. The van der Waals surface area contributed by atoms with Gasteiger partial charge in [-0.3, -0.25) is 4.79 Å². The summed E-state index contributed by atoms with van der Waals surface area (Å²) < 4.78 is 0.773. The summed E-state index contributed by atoms with van der Waals surface area (Å²) in [5.41, 5.74) is 6.73. The van der Waals surface area contributed by atoms with Gasteiger partial charge in [-0.1, -0.05) is 15.9 Å². The van der Waals surface area contributed by atoms with E-state index >= 15 is 0 Å². The van der Waals surface area contributed by atoms with Crippen LogP contribution in [0.1, 0.15) is 15.9 Å². The summed E-state index contributed by atoms with van der Waals surface area (Å²) in [6.45, 7) is 0. The van der Waals surface area contributed by atoms with Crippen LogP contribution in [0, 0.1) is 11.3 Å². The molecule has 0 unspecified atom stereocenters. The maximum atomic E-state index is 12.0. The van der Waals surface area contributed by atoms with Crippen LogP contribution >= 0.6 is 15.9 Å². The Morgan fingerprint density at radius 2 is 2.16 bits per heavy atom. The van der Waals surface area contributed by atoms with E-state index in [2.05, 4.69) is 26.2 Å². The minimum Gasteiger partial charge on any atom is -0.384 e. The molecule has 0 aliphatic carbocycles. The number of rotatable bonds is 2. The number of anilines is 2. The lowest BCUT2D eigenvalue weighted by Crippen LogP contribution is -2.13. The van der Waals surface area contributed by atoms with Gasteiger partial charge in [0.05, 0.1) is 11.3 Å². The van der Waals surface area contributed by atoms with Gasteiger partial charge < -0.3 is 11.1 Å². The third kappa shape index (κ3) is 3.09. The molecular weight excluding hydrogens is 308 g/mol. The third-order valence-corrected chi connectivity index (χ3v) is 2.89. The molecule has 1 heterocycles. The van der Waals surface area contributed by atoms with Crippen molar-refractivity contribution in [2.45, 2.75) is 0 Å². The lowest BCUT2D eigenvalue weighted by molar-refractivity contribution is 0.102. The summed E-state index contributed by atoms with van der Waals surface area (Å²) in [6.07, 6.45) is 1.46. The Kier molecular flexibility index (Phi) is 3.78. The zero-order valence-corrected chi connectivity index (χ0v) is 11.3. The number of nitrogens with zero attached hydrogens (tertiary/aromatic N) is 2. The van der Waals surface area contributed by atoms with E-state index < -0.39 is 0 Å². The highest BCUT2D eigenvalue weighted by Crippen LogP contribution is 2.21. The van der Waals surface area contributed by atoms with Gasteiger partial charge in [0.15, 0.2) is 0 Å². The van der Waals surface area contributed by atoms with Crippen molar-refractivity contribution in [1.82, 2.24) is 4.98 Å². The Balaban J connectivity index is 2.27. The van der Waals surface area contributed by atoms with E-state index in [1.165, 1.54) is 12.3 Å². The fourth-order valence-electron chi connectivity index (χ4n) is 1.50. The SMILES string of the molecule is N#Cc1cc(Br)ccc1NC(=O)c1ccnc(N)c1. The first-order valence-electron chi connectivity index (χ1n) is 5.32. The molecule has 94 valence electrons. The van der Waals surface area contributed by atoms with E-state index in [1.807, 2.05) is 6.07 Å². The number of pyridine rings is 1. The van der Waals surface area contributed by atoms with E-state index in [1.54, 1.807) is 24.3 Å². The summed E-state index contributed by atoms with van der Waals surface area (Å²) in [4.78, 5) is 15.8.